The van der Waals surface area contributed by atoms with E-state index in [2.05, 4.69) is 5.32 Å². The van der Waals surface area contributed by atoms with Crippen LogP contribution in [0.15, 0.2) is 30.3 Å². The van der Waals surface area contributed by atoms with Crippen LogP contribution in [0.3, 0.4) is 0 Å². The third-order valence-electron chi connectivity index (χ3n) is 6.28. The van der Waals surface area contributed by atoms with Gasteiger partial charge in [0.25, 0.3) is 5.91 Å². The van der Waals surface area contributed by atoms with E-state index in [-0.39, 0.29) is 30.7 Å². The van der Waals surface area contributed by atoms with Crippen LogP contribution in [0, 0.1) is 5.92 Å². The van der Waals surface area contributed by atoms with E-state index in [1.54, 1.807) is 35.9 Å². The van der Waals surface area contributed by atoms with Crippen LogP contribution >= 0.6 is 0 Å². The molecule has 2 fully saturated rings. The summed E-state index contributed by atoms with van der Waals surface area (Å²) in [5, 5.41) is 2.90. The Morgan fingerprint density at radius 2 is 1.81 bits per heavy atom. The molecule has 2 aliphatic heterocycles. The first-order valence-corrected chi connectivity index (χ1v) is 10.4. The monoisotopic (exact) mass is 431 g/mol. The zero-order valence-electron chi connectivity index (χ0n) is 18.1. The van der Waals surface area contributed by atoms with E-state index < -0.39 is 23.5 Å². The molecule has 3 rings (SSSR count). The Morgan fingerprint density at radius 1 is 1.16 bits per heavy atom. The first-order valence-electron chi connectivity index (χ1n) is 10.4. The number of para-hydroxylation sites is 1. The molecule has 1 aromatic carbocycles. The molecule has 168 valence electrons. The molecular formula is C22H29N3O6. The van der Waals surface area contributed by atoms with Gasteiger partial charge in [0, 0.05) is 32.9 Å². The van der Waals surface area contributed by atoms with Gasteiger partial charge >= 0.3 is 5.97 Å². The first kappa shape index (κ1) is 22.7. The second-order valence-corrected chi connectivity index (χ2v) is 7.85. The smallest absolute Gasteiger partial charge is 0.315 e. The number of amides is 3. The average molecular weight is 431 g/mol. The second kappa shape index (κ2) is 9.47. The van der Waals surface area contributed by atoms with Gasteiger partial charge in [-0.1, -0.05) is 18.2 Å². The van der Waals surface area contributed by atoms with Crippen LogP contribution in [0.1, 0.15) is 26.2 Å². The number of benzene rings is 1. The maximum atomic E-state index is 13.3. The molecule has 0 unspecified atom stereocenters. The third-order valence-corrected chi connectivity index (χ3v) is 6.28. The molecule has 2 aliphatic rings. The van der Waals surface area contributed by atoms with E-state index in [1.165, 1.54) is 7.11 Å². The number of likely N-dealkylation sites (N-methyl/N-ethyl adjacent to an activating group) is 1. The largest absolute Gasteiger partial charge is 0.466 e. The zero-order chi connectivity index (χ0) is 22.6. The van der Waals surface area contributed by atoms with Gasteiger partial charge in [-0.3, -0.25) is 19.2 Å². The van der Waals surface area contributed by atoms with Crippen LogP contribution < -0.4 is 5.32 Å². The fraction of sp³-hybridized carbons (Fsp3) is 0.545. The number of hydrogen-bond donors (Lipinski definition) is 1. The Balaban J connectivity index is 1.77. The van der Waals surface area contributed by atoms with Gasteiger partial charge in [-0.2, -0.15) is 0 Å². The standard InChI is InChI=1S/C22H29N3O6/c1-4-31-17(27)14-16(26)25-12-10-22(11-13-25)18(19(30-3)21(29)24(22)2)20(28)23-15-8-6-5-7-9-15/h5-9,18-19H,4,10-14H2,1-3H3,(H,23,28)/t18-,19+/m0/s1. The molecule has 1 spiro atoms. The predicted octanol–water partition coefficient (Wildman–Crippen LogP) is 1.04. The summed E-state index contributed by atoms with van der Waals surface area (Å²) in [6.45, 7) is 2.58. The molecule has 9 nitrogen and oxygen atoms in total. The number of methoxy groups -OCH3 is 1. The van der Waals surface area contributed by atoms with Crippen LogP contribution in [-0.4, -0.2) is 79.0 Å². The number of hydrogen-bond acceptors (Lipinski definition) is 6. The van der Waals surface area contributed by atoms with Crippen molar-refractivity contribution in [1.29, 1.82) is 0 Å². The van der Waals surface area contributed by atoms with Gasteiger partial charge in [-0.15, -0.1) is 0 Å². The molecule has 2 heterocycles. The van der Waals surface area contributed by atoms with E-state index >= 15 is 0 Å². The highest BCUT2D eigenvalue weighted by molar-refractivity contribution is 6.01. The van der Waals surface area contributed by atoms with Crippen molar-refractivity contribution in [2.24, 2.45) is 5.92 Å². The lowest BCUT2D eigenvalue weighted by atomic mass is 9.75. The van der Waals surface area contributed by atoms with Gasteiger partial charge in [-0.05, 0) is 31.9 Å². The summed E-state index contributed by atoms with van der Waals surface area (Å²) in [5.41, 5.74) is -0.126. The van der Waals surface area contributed by atoms with Gasteiger partial charge < -0.3 is 24.6 Å². The Kier molecular flexibility index (Phi) is 6.94. The van der Waals surface area contributed by atoms with Crippen LogP contribution in [0.5, 0.6) is 0 Å². The lowest BCUT2D eigenvalue weighted by Crippen LogP contribution is -2.58. The van der Waals surface area contributed by atoms with Crippen LogP contribution in [0.4, 0.5) is 5.69 Å². The summed E-state index contributed by atoms with van der Waals surface area (Å²) >= 11 is 0. The maximum absolute atomic E-state index is 13.3. The zero-order valence-corrected chi connectivity index (χ0v) is 18.1. The Labute approximate surface area is 181 Å². The maximum Gasteiger partial charge on any atom is 0.315 e. The lowest BCUT2D eigenvalue weighted by Gasteiger charge is -2.46. The van der Waals surface area contributed by atoms with Gasteiger partial charge in [-0.25, -0.2) is 0 Å². The van der Waals surface area contributed by atoms with Crippen molar-refractivity contribution >= 4 is 29.4 Å². The van der Waals surface area contributed by atoms with E-state index in [4.69, 9.17) is 9.47 Å². The molecule has 0 radical (unpaired) electrons. The van der Waals surface area contributed by atoms with Crippen molar-refractivity contribution in [3.63, 3.8) is 0 Å². The molecule has 0 bridgehead atoms. The summed E-state index contributed by atoms with van der Waals surface area (Å²) in [5.74, 6) is -2.13. The molecule has 3 amide bonds. The average Bonchev–Trinajstić information content (AvgIpc) is 2.96. The molecule has 0 aliphatic carbocycles. The number of esters is 1. The van der Waals surface area contributed by atoms with E-state index in [1.807, 2.05) is 18.2 Å². The van der Waals surface area contributed by atoms with Crippen molar-refractivity contribution in [2.75, 3.05) is 39.2 Å². The molecule has 1 aromatic rings. The fourth-order valence-corrected chi connectivity index (χ4v) is 4.64. The number of likely N-dealkylation sites (tertiary alicyclic amines) is 2. The summed E-state index contributed by atoms with van der Waals surface area (Å²) in [6.07, 6.45) is -0.378. The molecule has 0 saturated carbocycles. The number of rotatable bonds is 6. The third kappa shape index (κ3) is 4.41. The molecule has 2 saturated heterocycles. The number of carbonyl (C=O) groups is 4. The minimum atomic E-state index is -0.893. The molecule has 1 N–H and O–H groups in total. The number of ether oxygens (including phenoxy) is 2. The number of anilines is 1. The highest BCUT2D eigenvalue weighted by Crippen LogP contribution is 2.44. The highest BCUT2D eigenvalue weighted by Gasteiger charge is 2.61. The number of nitrogens with one attached hydrogen (secondary N) is 1. The first-order chi connectivity index (χ1) is 14.8. The predicted molar refractivity (Wildman–Crippen MR) is 112 cm³/mol. The normalized spacial score (nSPS) is 22.5. The molecule has 2 atom stereocenters. The van der Waals surface area contributed by atoms with Gasteiger partial charge in [0.05, 0.1) is 18.1 Å². The Bertz CT molecular complexity index is 835. The number of nitrogens with zero attached hydrogens (tertiary/aromatic N) is 2. The van der Waals surface area contributed by atoms with Crippen molar-refractivity contribution < 1.29 is 28.7 Å². The van der Waals surface area contributed by atoms with Gasteiger partial charge in [0.1, 0.15) is 12.5 Å². The lowest BCUT2D eigenvalue weighted by molar-refractivity contribution is -0.149. The molecule has 0 aromatic heterocycles. The van der Waals surface area contributed by atoms with Crippen molar-refractivity contribution in [3.8, 4) is 0 Å². The molecule has 31 heavy (non-hydrogen) atoms. The summed E-state index contributed by atoms with van der Waals surface area (Å²) in [4.78, 5) is 53.4. The quantitative estimate of drug-likeness (QED) is 0.533. The van der Waals surface area contributed by atoms with E-state index in [9.17, 15) is 19.2 Å². The van der Waals surface area contributed by atoms with Crippen LogP contribution in [0.2, 0.25) is 0 Å². The van der Waals surface area contributed by atoms with E-state index in [0.29, 0.717) is 31.6 Å². The summed E-state index contributed by atoms with van der Waals surface area (Å²) in [7, 11) is 3.11. The van der Waals surface area contributed by atoms with Crippen molar-refractivity contribution in [3.05, 3.63) is 30.3 Å². The van der Waals surface area contributed by atoms with E-state index in [0.717, 1.165) is 0 Å². The Morgan fingerprint density at radius 3 is 2.39 bits per heavy atom. The number of piperidine rings is 1. The number of carbonyl (C=O) groups excluding carboxylic acids is 4. The fourth-order valence-electron chi connectivity index (χ4n) is 4.64. The second-order valence-electron chi connectivity index (χ2n) is 7.85. The van der Waals surface area contributed by atoms with Crippen molar-refractivity contribution in [2.45, 2.75) is 37.8 Å². The van der Waals surface area contributed by atoms with Gasteiger partial charge in [0.15, 0.2) is 0 Å². The topological polar surface area (TPSA) is 105 Å². The molecule has 9 heteroatoms. The Hall–Kier alpha value is -2.94. The minimum absolute atomic E-state index is 0.221. The highest BCUT2D eigenvalue weighted by atomic mass is 16.5. The van der Waals surface area contributed by atoms with Crippen molar-refractivity contribution in [1.82, 2.24) is 9.80 Å². The van der Waals surface area contributed by atoms with Crippen LogP contribution in [0.25, 0.3) is 0 Å². The summed E-state index contributed by atoms with van der Waals surface area (Å²) < 4.78 is 10.3. The van der Waals surface area contributed by atoms with Crippen LogP contribution in [-0.2, 0) is 28.7 Å². The SMILES string of the molecule is CCOC(=O)CC(=O)N1CCC2(CC1)[C@H](C(=O)Nc1ccccc1)[C@@H](OC)C(=O)N2C. The molecular weight excluding hydrogens is 402 g/mol. The summed E-state index contributed by atoms with van der Waals surface area (Å²) in [6, 6.07) is 9.05. The van der Waals surface area contributed by atoms with Gasteiger partial charge in [0.2, 0.25) is 11.8 Å². The minimum Gasteiger partial charge on any atom is -0.466 e.